The average Bonchev–Trinajstić information content (AvgIpc) is 3.27. The van der Waals surface area contributed by atoms with Gasteiger partial charge in [0.15, 0.2) is 0 Å². The van der Waals surface area contributed by atoms with Gasteiger partial charge < -0.3 is 26.4 Å². The molecule has 0 radical (unpaired) electrons. The lowest BCUT2D eigenvalue weighted by Crippen LogP contribution is -2.41. The summed E-state index contributed by atoms with van der Waals surface area (Å²) in [5.41, 5.74) is 0.504. The zero-order valence-electron chi connectivity index (χ0n) is 26.5. The van der Waals surface area contributed by atoms with Crippen molar-refractivity contribution in [2.45, 2.75) is 66.8 Å². The standard InChI is InChI=1S/C16H26N2O3.C12H16N2O2.C3H5NO3/c1-6-17-14(21)16(4,5)10-9-15(2,3)11-18-12(19)7-8-13(18)20;1-10(14-12(16)8-13-9-15)7-11-5-3-2-4-6-11;5-2-4-1-3(6)7/h7-8H,6,9-11H2,1-5H3,(H,17,21);2-6,9-10H,7-8H2,1H3,(H,13,15)(H,14,16);2H,1H2,(H,4,5)(H,6,7). The summed E-state index contributed by atoms with van der Waals surface area (Å²) in [4.78, 5) is 76.6. The zero-order valence-corrected chi connectivity index (χ0v) is 26.5. The number of hydrogen-bond acceptors (Lipinski definition) is 7. The van der Waals surface area contributed by atoms with E-state index in [2.05, 4.69) is 16.0 Å². The Bertz CT molecular complexity index is 1120. The maximum atomic E-state index is 12.0. The number of carboxylic acids is 1. The Morgan fingerprint density at radius 2 is 1.45 bits per heavy atom. The Hall–Kier alpha value is -4.55. The van der Waals surface area contributed by atoms with Gasteiger partial charge in [-0.1, -0.05) is 58.0 Å². The number of carbonyl (C=O) groups excluding carboxylic acids is 6. The van der Waals surface area contributed by atoms with E-state index in [1.54, 1.807) is 0 Å². The van der Waals surface area contributed by atoms with E-state index >= 15 is 0 Å². The molecule has 44 heavy (non-hydrogen) atoms. The van der Waals surface area contributed by atoms with Crippen LogP contribution in [-0.4, -0.2) is 84.6 Å². The summed E-state index contributed by atoms with van der Waals surface area (Å²) in [6, 6.07) is 10.00. The molecule has 1 aromatic rings. The van der Waals surface area contributed by atoms with Gasteiger partial charge in [-0.15, -0.1) is 0 Å². The minimum absolute atomic E-state index is 0.0304. The van der Waals surface area contributed by atoms with E-state index in [9.17, 15) is 33.6 Å². The van der Waals surface area contributed by atoms with Crippen molar-refractivity contribution in [3.63, 3.8) is 0 Å². The Morgan fingerprint density at radius 1 is 0.909 bits per heavy atom. The lowest BCUT2D eigenvalue weighted by atomic mass is 9.78. The Balaban J connectivity index is 0.000000708. The van der Waals surface area contributed by atoms with Crippen LogP contribution in [0, 0.1) is 10.8 Å². The molecule has 6 amide bonds. The summed E-state index contributed by atoms with van der Waals surface area (Å²) in [5.74, 6) is -1.68. The van der Waals surface area contributed by atoms with Crippen LogP contribution < -0.4 is 21.3 Å². The van der Waals surface area contributed by atoms with Crippen molar-refractivity contribution in [3.05, 3.63) is 48.0 Å². The highest BCUT2D eigenvalue weighted by Crippen LogP contribution is 2.32. The smallest absolute Gasteiger partial charge is 0.322 e. The molecular weight excluding hydrogens is 570 g/mol. The SMILES string of the molecule is CC(Cc1ccccc1)NC(=O)CNC=O.CCNC(=O)C(C)(C)CCC(C)(C)CN1C(=O)C=CC1=O.O=CNCC(=O)O. The summed E-state index contributed by atoms with van der Waals surface area (Å²) >= 11 is 0. The number of amides is 6. The first-order chi connectivity index (χ1) is 20.6. The molecule has 0 spiro atoms. The molecule has 244 valence electrons. The molecule has 1 unspecified atom stereocenters. The molecule has 5 N–H and O–H groups in total. The fraction of sp³-hybridized carbons (Fsp3) is 0.516. The molecule has 1 aliphatic heterocycles. The van der Waals surface area contributed by atoms with E-state index < -0.39 is 11.4 Å². The second kappa shape index (κ2) is 20.4. The van der Waals surface area contributed by atoms with Crippen LogP contribution in [0.5, 0.6) is 0 Å². The number of aliphatic carboxylic acids is 1. The van der Waals surface area contributed by atoms with Gasteiger partial charge in [0.1, 0.15) is 6.54 Å². The molecule has 0 fully saturated rings. The number of rotatable bonds is 16. The highest BCUT2D eigenvalue weighted by atomic mass is 16.4. The van der Waals surface area contributed by atoms with Gasteiger partial charge in [-0.25, -0.2) is 0 Å². The van der Waals surface area contributed by atoms with Gasteiger partial charge >= 0.3 is 5.97 Å². The van der Waals surface area contributed by atoms with Crippen LogP contribution in [-0.2, 0) is 40.0 Å². The van der Waals surface area contributed by atoms with Gasteiger partial charge in [-0.3, -0.25) is 38.5 Å². The molecule has 1 aromatic carbocycles. The van der Waals surface area contributed by atoms with E-state index in [0.717, 1.165) is 12.8 Å². The number of hydrogen-bond donors (Lipinski definition) is 5. The second-order valence-electron chi connectivity index (χ2n) is 11.6. The number of nitrogens with zero attached hydrogens (tertiary/aromatic N) is 1. The van der Waals surface area contributed by atoms with Crippen molar-refractivity contribution < 1.29 is 38.7 Å². The first kappa shape index (κ1) is 39.5. The molecule has 0 saturated carbocycles. The normalized spacial score (nSPS) is 12.9. The predicted octanol–water partition coefficient (Wildman–Crippen LogP) is 1.18. The molecular formula is C31H47N5O8. The van der Waals surface area contributed by atoms with Crippen molar-refractivity contribution in [1.29, 1.82) is 0 Å². The zero-order chi connectivity index (χ0) is 33.8. The minimum atomic E-state index is -1.04. The van der Waals surface area contributed by atoms with Crippen LogP contribution in [0.2, 0.25) is 0 Å². The van der Waals surface area contributed by atoms with Crippen molar-refractivity contribution in [3.8, 4) is 0 Å². The van der Waals surface area contributed by atoms with E-state index in [4.69, 9.17) is 5.11 Å². The summed E-state index contributed by atoms with van der Waals surface area (Å²) in [7, 11) is 0. The molecule has 1 atom stereocenters. The number of benzene rings is 1. The quantitative estimate of drug-likeness (QED) is 0.135. The predicted molar refractivity (Wildman–Crippen MR) is 165 cm³/mol. The molecule has 1 aliphatic rings. The van der Waals surface area contributed by atoms with Crippen molar-refractivity contribution in [1.82, 2.24) is 26.2 Å². The van der Waals surface area contributed by atoms with Crippen molar-refractivity contribution in [2.75, 3.05) is 26.2 Å². The van der Waals surface area contributed by atoms with Crippen LogP contribution in [0.25, 0.3) is 0 Å². The number of carbonyl (C=O) groups is 7. The van der Waals surface area contributed by atoms with Crippen LogP contribution >= 0.6 is 0 Å². The molecule has 13 heteroatoms. The van der Waals surface area contributed by atoms with Crippen molar-refractivity contribution >= 4 is 42.4 Å². The summed E-state index contributed by atoms with van der Waals surface area (Å²) in [6.07, 6.45) is 5.71. The number of nitrogens with one attached hydrogen (secondary N) is 4. The van der Waals surface area contributed by atoms with Gasteiger partial charge in [0.2, 0.25) is 24.6 Å². The molecule has 0 saturated heterocycles. The van der Waals surface area contributed by atoms with E-state index in [-0.39, 0.29) is 48.2 Å². The monoisotopic (exact) mass is 617 g/mol. The molecule has 2 rings (SSSR count). The van der Waals surface area contributed by atoms with Crippen LogP contribution in [0.4, 0.5) is 0 Å². The van der Waals surface area contributed by atoms with Crippen LogP contribution in [0.15, 0.2) is 42.5 Å². The van der Waals surface area contributed by atoms with Crippen LogP contribution in [0.3, 0.4) is 0 Å². The largest absolute Gasteiger partial charge is 0.480 e. The lowest BCUT2D eigenvalue weighted by molar-refractivity contribution is -0.139. The second-order valence-corrected chi connectivity index (χ2v) is 11.6. The Labute approximate surface area is 259 Å². The van der Waals surface area contributed by atoms with E-state index in [0.29, 0.717) is 32.3 Å². The maximum Gasteiger partial charge on any atom is 0.322 e. The number of imide groups is 1. The van der Waals surface area contributed by atoms with E-state index in [1.807, 2.05) is 77.2 Å². The van der Waals surface area contributed by atoms with Crippen molar-refractivity contribution in [2.24, 2.45) is 10.8 Å². The summed E-state index contributed by atoms with van der Waals surface area (Å²) in [6.45, 7) is 12.4. The third-order valence-electron chi connectivity index (χ3n) is 6.34. The number of carboxylic acid groups (broad SMARTS) is 1. The highest BCUT2D eigenvalue weighted by Gasteiger charge is 2.34. The topological polar surface area (TPSA) is 191 Å². The Morgan fingerprint density at radius 3 is 1.93 bits per heavy atom. The third-order valence-corrected chi connectivity index (χ3v) is 6.34. The first-order valence-corrected chi connectivity index (χ1v) is 14.3. The maximum absolute atomic E-state index is 12.0. The lowest BCUT2D eigenvalue weighted by Gasteiger charge is -2.32. The summed E-state index contributed by atoms with van der Waals surface area (Å²) in [5, 5.41) is 17.8. The fourth-order valence-electron chi connectivity index (χ4n) is 3.87. The molecule has 0 bridgehead atoms. The fourth-order valence-corrected chi connectivity index (χ4v) is 3.87. The first-order valence-electron chi connectivity index (χ1n) is 14.3. The highest BCUT2D eigenvalue weighted by molar-refractivity contribution is 6.12. The third kappa shape index (κ3) is 17.4. The van der Waals surface area contributed by atoms with Crippen LogP contribution in [0.1, 0.15) is 59.9 Å². The molecule has 0 aliphatic carbocycles. The minimum Gasteiger partial charge on any atom is -0.480 e. The molecule has 1 heterocycles. The van der Waals surface area contributed by atoms with Gasteiger partial charge in [0.05, 0.1) is 6.54 Å². The average molecular weight is 618 g/mol. The molecule has 0 aromatic heterocycles. The summed E-state index contributed by atoms with van der Waals surface area (Å²) < 4.78 is 0. The van der Waals surface area contributed by atoms with Gasteiger partial charge in [-0.2, -0.15) is 0 Å². The molecule has 13 nitrogen and oxygen atoms in total. The Kier molecular flexibility index (Phi) is 18.3. The van der Waals surface area contributed by atoms with Gasteiger partial charge in [-0.05, 0) is 44.1 Å². The van der Waals surface area contributed by atoms with E-state index in [1.165, 1.54) is 22.6 Å². The van der Waals surface area contributed by atoms with Gasteiger partial charge in [0.25, 0.3) is 11.8 Å². The van der Waals surface area contributed by atoms with Gasteiger partial charge in [0, 0.05) is 36.7 Å².